The second kappa shape index (κ2) is 16.0. The first-order chi connectivity index (χ1) is 17.9. The Morgan fingerprint density at radius 2 is 1.23 bits per heavy atom. The highest BCUT2D eigenvalue weighted by molar-refractivity contribution is 14.1. The SMILES string of the molecule is CCCOc1ccc(I)c(C[C@H](C)C(=O)OC(C)(C)C)c1.C[C@@H](Cc1cc(O)ccc1I)C(=O)OC(C)(C)C. The van der Waals surface area contributed by atoms with Crippen molar-refractivity contribution in [3.63, 3.8) is 0 Å². The molecule has 0 unspecified atom stereocenters. The third kappa shape index (κ3) is 14.6. The molecule has 0 aromatic heterocycles. The van der Waals surface area contributed by atoms with Crippen LogP contribution >= 0.6 is 45.2 Å². The van der Waals surface area contributed by atoms with Crippen LogP contribution in [0.1, 0.15) is 79.9 Å². The van der Waals surface area contributed by atoms with Gasteiger partial charge in [0.25, 0.3) is 0 Å². The molecule has 2 rings (SSSR count). The Labute approximate surface area is 261 Å². The zero-order chi connectivity index (χ0) is 30.0. The molecular formula is C31H44I2O6. The molecule has 2 aromatic carbocycles. The van der Waals surface area contributed by atoms with E-state index in [1.807, 2.05) is 79.7 Å². The Bertz CT molecular complexity index is 1090. The van der Waals surface area contributed by atoms with Crippen LogP contribution in [0.15, 0.2) is 36.4 Å². The first-order valence-corrected chi connectivity index (χ1v) is 15.4. The predicted molar refractivity (Wildman–Crippen MR) is 173 cm³/mol. The Balaban J connectivity index is 0.000000395. The molecule has 0 saturated heterocycles. The number of ether oxygens (including phenoxy) is 3. The maximum Gasteiger partial charge on any atom is 0.309 e. The highest BCUT2D eigenvalue weighted by Gasteiger charge is 2.23. The van der Waals surface area contributed by atoms with Gasteiger partial charge in [0, 0.05) is 7.14 Å². The van der Waals surface area contributed by atoms with Gasteiger partial charge in [-0.3, -0.25) is 9.59 Å². The Morgan fingerprint density at radius 1 is 0.795 bits per heavy atom. The van der Waals surface area contributed by atoms with E-state index in [0.29, 0.717) is 19.4 Å². The summed E-state index contributed by atoms with van der Waals surface area (Å²) >= 11 is 4.49. The van der Waals surface area contributed by atoms with E-state index in [2.05, 4.69) is 52.1 Å². The molecule has 1 N–H and O–H groups in total. The minimum absolute atomic E-state index is 0.154. The van der Waals surface area contributed by atoms with Crippen molar-refractivity contribution in [1.82, 2.24) is 0 Å². The summed E-state index contributed by atoms with van der Waals surface area (Å²) in [4.78, 5) is 23.9. The summed E-state index contributed by atoms with van der Waals surface area (Å²) in [6.45, 7) is 17.8. The number of carbonyl (C=O) groups is 2. The second-order valence-corrected chi connectivity index (χ2v) is 14.0. The zero-order valence-corrected chi connectivity index (χ0v) is 29.0. The fourth-order valence-corrected chi connectivity index (χ4v) is 4.48. The van der Waals surface area contributed by atoms with Gasteiger partial charge in [-0.2, -0.15) is 0 Å². The number of benzene rings is 2. The van der Waals surface area contributed by atoms with Crippen molar-refractivity contribution in [2.24, 2.45) is 11.8 Å². The number of hydrogen-bond acceptors (Lipinski definition) is 6. The topological polar surface area (TPSA) is 82.1 Å². The number of halogens is 2. The van der Waals surface area contributed by atoms with Crippen molar-refractivity contribution >= 4 is 57.1 Å². The van der Waals surface area contributed by atoms with E-state index in [-0.39, 0.29) is 29.5 Å². The minimum atomic E-state index is -0.461. The van der Waals surface area contributed by atoms with Gasteiger partial charge in [0.15, 0.2) is 0 Å². The van der Waals surface area contributed by atoms with E-state index in [0.717, 1.165) is 30.4 Å². The zero-order valence-electron chi connectivity index (χ0n) is 24.7. The van der Waals surface area contributed by atoms with Crippen molar-refractivity contribution in [3.8, 4) is 11.5 Å². The average molecular weight is 766 g/mol. The quantitative estimate of drug-likeness (QED) is 0.205. The normalized spacial score (nSPS) is 13.0. The van der Waals surface area contributed by atoms with Crippen LogP contribution in [0, 0.1) is 19.0 Å². The molecule has 0 aliphatic heterocycles. The highest BCUT2D eigenvalue weighted by atomic mass is 127. The molecule has 0 heterocycles. The molecule has 2 atom stereocenters. The number of aromatic hydroxyl groups is 1. The van der Waals surface area contributed by atoms with Crippen LogP contribution in [0.5, 0.6) is 11.5 Å². The van der Waals surface area contributed by atoms with E-state index in [1.165, 1.54) is 0 Å². The Hall–Kier alpha value is -1.56. The standard InChI is InChI=1S/C17H25IO3.C14H19IO3/c1-6-9-20-14-7-8-15(18)13(11-14)10-12(2)16(19)21-17(3,4)5;1-9(13(17)18-14(2,3)4)7-10-8-11(16)5-6-12(10)15/h7-8,11-12H,6,9-10H2,1-5H3;5-6,8-9,16H,7H2,1-4H3/t12-;9-/m00/s1. The molecule has 2 aromatic rings. The van der Waals surface area contributed by atoms with Crippen molar-refractivity contribution in [1.29, 1.82) is 0 Å². The van der Waals surface area contributed by atoms with Crippen LogP contribution in [0.2, 0.25) is 0 Å². The van der Waals surface area contributed by atoms with Gasteiger partial charge < -0.3 is 19.3 Å². The number of esters is 2. The largest absolute Gasteiger partial charge is 0.508 e. The summed E-state index contributed by atoms with van der Waals surface area (Å²) in [5.74, 6) is 0.337. The van der Waals surface area contributed by atoms with E-state index in [1.54, 1.807) is 12.1 Å². The molecule has 0 spiro atoms. The van der Waals surface area contributed by atoms with Crippen molar-refractivity contribution in [2.75, 3.05) is 6.61 Å². The number of carbonyl (C=O) groups excluding carboxylic acids is 2. The number of hydrogen-bond donors (Lipinski definition) is 1. The number of phenols is 1. The molecule has 0 radical (unpaired) electrons. The van der Waals surface area contributed by atoms with Gasteiger partial charge in [-0.05, 0) is 154 Å². The maximum atomic E-state index is 12.1. The fraction of sp³-hybridized carbons (Fsp3) is 0.548. The number of rotatable bonds is 9. The Morgan fingerprint density at radius 3 is 1.67 bits per heavy atom. The maximum absolute atomic E-state index is 12.1. The smallest absolute Gasteiger partial charge is 0.309 e. The van der Waals surface area contributed by atoms with Gasteiger partial charge >= 0.3 is 11.9 Å². The van der Waals surface area contributed by atoms with E-state index < -0.39 is 11.2 Å². The van der Waals surface area contributed by atoms with Gasteiger partial charge in [-0.1, -0.05) is 20.8 Å². The molecule has 0 bridgehead atoms. The molecule has 0 aliphatic rings. The van der Waals surface area contributed by atoms with Crippen LogP contribution in [-0.4, -0.2) is 34.9 Å². The number of phenolic OH excluding ortho intramolecular Hbond substituents is 1. The van der Waals surface area contributed by atoms with Crippen LogP contribution < -0.4 is 4.74 Å². The lowest BCUT2D eigenvalue weighted by atomic mass is 10.0. The molecule has 0 fully saturated rings. The van der Waals surface area contributed by atoms with Crippen LogP contribution in [0.4, 0.5) is 0 Å². The first kappa shape index (κ1) is 35.5. The first-order valence-electron chi connectivity index (χ1n) is 13.3. The Kier molecular flexibility index (Phi) is 14.6. The summed E-state index contributed by atoms with van der Waals surface area (Å²) in [6, 6.07) is 11.2. The monoisotopic (exact) mass is 766 g/mol. The van der Waals surface area contributed by atoms with Gasteiger partial charge in [0.1, 0.15) is 22.7 Å². The van der Waals surface area contributed by atoms with Crippen molar-refractivity contribution in [2.45, 2.75) is 92.8 Å². The minimum Gasteiger partial charge on any atom is -0.508 e. The lowest BCUT2D eigenvalue weighted by Gasteiger charge is -2.22. The average Bonchev–Trinajstić information content (AvgIpc) is 2.80. The van der Waals surface area contributed by atoms with Crippen LogP contribution in [-0.2, 0) is 31.9 Å². The molecule has 6 nitrogen and oxygen atoms in total. The highest BCUT2D eigenvalue weighted by Crippen LogP contribution is 2.24. The van der Waals surface area contributed by atoms with E-state index in [9.17, 15) is 14.7 Å². The van der Waals surface area contributed by atoms with E-state index in [4.69, 9.17) is 14.2 Å². The van der Waals surface area contributed by atoms with Gasteiger partial charge in [-0.25, -0.2) is 0 Å². The third-order valence-electron chi connectivity index (χ3n) is 5.19. The summed E-state index contributed by atoms with van der Waals surface area (Å²) in [7, 11) is 0. The van der Waals surface area contributed by atoms with Crippen LogP contribution in [0.25, 0.3) is 0 Å². The fourth-order valence-electron chi connectivity index (χ4n) is 3.37. The summed E-state index contributed by atoms with van der Waals surface area (Å²) < 4.78 is 18.6. The lowest BCUT2D eigenvalue weighted by molar-refractivity contribution is -0.160. The molecular weight excluding hydrogens is 722 g/mol. The second-order valence-electron chi connectivity index (χ2n) is 11.7. The third-order valence-corrected chi connectivity index (χ3v) is 7.29. The molecule has 8 heteroatoms. The summed E-state index contributed by atoms with van der Waals surface area (Å²) in [6.07, 6.45) is 2.22. The molecule has 39 heavy (non-hydrogen) atoms. The van der Waals surface area contributed by atoms with E-state index >= 15 is 0 Å². The lowest BCUT2D eigenvalue weighted by Crippen LogP contribution is -2.28. The molecule has 0 aliphatic carbocycles. The summed E-state index contributed by atoms with van der Waals surface area (Å²) in [5, 5.41) is 9.46. The molecule has 0 amide bonds. The van der Waals surface area contributed by atoms with Gasteiger partial charge in [-0.15, -0.1) is 0 Å². The van der Waals surface area contributed by atoms with Crippen molar-refractivity contribution in [3.05, 3.63) is 54.7 Å². The summed E-state index contributed by atoms with van der Waals surface area (Å²) in [5.41, 5.74) is 1.19. The molecule has 218 valence electrons. The predicted octanol–water partition coefficient (Wildman–Crippen LogP) is 8.12. The van der Waals surface area contributed by atoms with Gasteiger partial charge in [0.2, 0.25) is 0 Å². The van der Waals surface area contributed by atoms with Gasteiger partial charge in [0.05, 0.1) is 18.4 Å². The van der Waals surface area contributed by atoms with Crippen LogP contribution in [0.3, 0.4) is 0 Å². The molecule has 0 saturated carbocycles. The van der Waals surface area contributed by atoms with Crippen molar-refractivity contribution < 1.29 is 28.9 Å².